The van der Waals surface area contributed by atoms with E-state index in [2.05, 4.69) is 9.36 Å². The number of carbonyl (C=O) groups excluding carboxylic acids is 2. The highest BCUT2D eigenvalue weighted by molar-refractivity contribution is 7.07. The zero-order valence-corrected chi connectivity index (χ0v) is 19.8. The number of nitrogens with two attached hydrogens (primary N) is 1. The van der Waals surface area contributed by atoms with E-state index in [0.29, 0.717) is 60.4 Å². The standard InChI is InChI=1S/C24H26N4O5S/c1-31-18-5-3-4-15(12-18)13-21-26-24(34-27-21)33-20-14-17(6-7-19(20)32-2)23(30)28-10-8-16(9-11-28)22(25)29/h3-7,12,14,16H,8-11,13H2,1-2H3,(H2,25,29). The van der Waals surface area contributed by atoms with Gasteiger partial charge in [0.25, 0.3) is 11.1 Å². The van der Waals surface area contributed by atoms with Gasteiger partial charge in [0.2, 0.25) is 5.91 Å². The smallest absolute Gasteiger partial charge is 0.298 e. The summed E-state index contributed by atoms with van der Waals surface area (Å²) in [7, 11) is 3.16. The van der Waals surface area contributed by atoms with Crippen molar-refractivity contribution in [1.82, 2.24) is 14.3 Å². The molecule has 2 aromatic carbocycles. The normalized spacial score (nSPS) is 14.0. The van der Waals surface area contributed by atoms with Crippen molar-refractivity contribution in [3.63, 3.8) is 0 Å². The lowest BCUT2D eigenvalue weighted by Gasteiger charge is -2.30. The maximum atomic E-state index is 13.0. The summed E-state index contributed by atoms with van der Waals surface area (Å²) >= 11 is 1.13. The van der Waals surface area contributed by atoms with E-state index in [4.69, 9.17) is 19.9 Å². The fourth-order valence-corrected chi connectivity index (χ4v) is 4.41. The second-order valence-electron chi connectivity index (χ2n) is 7.94. The molecule has 0 unspecified atom stereocenters. The van der Waals surface area contributed by atoms with Crippen LogP contribution in [0.5, 0.6) is 22.4 Å². The van der Waals surface area contributed by atoms with Gasteiger partial charge >= 0.3 is 0 Å². The summed E-state index contributed by atoms with van der Waals surface area (Å²) in [6.45, 7) is 0.970. The Labute approximate surface area is 201 Å². The van der Waals surface area contributed by atoms with Crippen LogP contribution in [-0.2, 0) is 11.2 Å². The number of nitrogens with zero attached hydrogens (tertiary/aromatic N) is 3. The van der Waals surface area contributed by atoms with Gasteiger partial charge in [-0.15, -0.1) is 0 Å². The molecule has 0 radical (unpaired) electrons. The third-order valence-electron chi connectivity index (χ3n) is 5.74. The highest BCUT2D eigenvalue weighted by Crippen LogP contribution is 2.34. The average molecular weight is 483 g/mol. The number of hydrogen-bond acceptors (Lipinski definition) is 8. The molecule has 1 aliphatic heterocycles. The van der Waals surface area contributed by atoms with Crippen molar-refractivity contribution in [1.29, 1.82) is 0 Å². The number of piperidine rings is 1. The van der Waals surface area contributed by atoms with Gasteiger partial charge in [0.05, 0.1) is 14.2 Å². The molecule has 9 nitrogen and oxygen atoms in total. The van der Waals surface area contributed by atoms with E-state index in [1.165, 1.54) is 7.11 Å². The fraction of sp³-hybridized carbons (Fsp3) is 0.333. The number of rotatable bonds is 8. The van der Waals surface area contributed by atoms with Crippen LogP contribution in [0.1, 0.15) is 34.6 Å². The molecule has 2 heterocycles. The predicted molar refractivity (Wildman–Crippen MR) is 127 cm³/mol. The molecule has 34 heavy (non-hydrogen) atoms. The summed E-state index contributed by atoms with van der Waals surface area (Å²) in [6.07, 6.45) is 1.68. The highest BCUT2D eigenvalue weighted by Gasteiger charge is 2.27. The molecule has 0 aliphatic carbocycles. The van der Waals surface area contributed by atoms with Crippen LogP contribution in [0.25, 0.3) is 0 Å². The number of likely N-dealkylation sites (tertiary alicyclic amines) is 1. The Bertz CT molecular complexity index is 1170. The summed E-state index contributed by atoms with van der Waals surface area (Å²) in [4.78, 5) is 30.6. The second kappa shape index (κ2) is 10.5. The average Bonchev–Trinajstić information content (AvgIpc) is 3.30. The highest BCUT2D eigenvalue weighted by atomic mass is 32.1. The first-order valence-corrected chi connectivity index (χ1v) is 11.6. The molecule has 178 valence electrons. The van der Waals surface area contributed by atoms with Gasteiger partial charge in [-0.05, 0) is 48.7 Å². The van der Waals surface area contributed by atoms with E-state index in [1.807, 2.05) is 24.3 Å². The van der Waals surface area contributed by atoms with E-state index < -0.39 is 0 Å². The Hall–Kier alpha value is -3.66. The van der Waals surface area contributed by atoms with Crippen molar-refractivity contribution >= 4 is 23.3 Å². The van der Waals surface area contributed by atoms with Crippen molar-refractivity contribution in [3.8, 4) is 22.4 Å². The van der Waals surface area contributed by atoms with Gasteiger partial charge in [-0.1, -0.05) is 12.1 Å². The Kier molecular flexibility index (Phi) is 7.27. The molecular weight excluding hydrogens is 456 g/mol. The Morgan fingerprint density at radius 3 is 2.59 bits per heavy atom. The molecule has 2 N–H and O–H groups in total. The largest absolute Gasteiger partial charge is 0.497 e. The van der Waals surface area contributed by atoms with E-state index in [-0.39, 0.29) is 17.7 Å². The zero-order chi connectivity index (χ0) is 24.1. The van der Waals surface area contributed by atoms with Crippen LogP contribution in [0.2, 0.25) is 0 Å². The Morgan fingerprint density at radius 2 is 1.88 bits per heavy atom. The Morgan fingerprint density at radius 1 is 1.09 bits per heavy atom. The van der Waals surface area contributed by atoms with Gasteiger partial charge in [0.15, 0.2) is 17.3 Å². The summed E-state index contributed by atoms with van der Waals surface area (Å²) in [5.41, 5.74) is 6.88. The molecule has 4 rings (SSSR count). The van der Waals surface area contributed by atoms with E-state index in [0.717, 1.165) is 22.8 Å². The molecule has 0 atom stereocenters. The van der Waals surface area contributed by atoms with Crippen LogP contribution in [0.3, 0.4) is 0 Å². The number of benzene rings is 2. The molecule has 2 amide bonds. The van der Waals surface area contributed by atoms with Gasteiger partial charge in [-0.3, -0.25) is 9.59 Å². The molecule has 0 spiro atoms. The van der Waals surface area contributed by atoms with Gasteiger partial charge < -0.3 is 24.8 Å². The van der Waals surface area contributed by atoms with Crippen LogP contribution in [-0.4, -0.2) is 53.4 Å². The van der Waals surface area contributed by atoms with Crippen molar-refractivity contribution in [2.45, 2.75) is 19.3 Å². The third kappa shape index (κ3) is 5.45. The maximum absolute atomic E-state index is 13.0. The monoisotopic (exact) mass is 482 g/mol. The molecule has 3 aromatic rings. The van der Waals surface area contributed by atoms with Crippen molar-refractivity contribution in [2.75, 3.05) is 27.3 Å². The topological polar surface area (TPSA) is 117 Å². The fourth-order valence-electron chi connectivity index (χ4n) is 3.85. The van der Waals surface area contributed by atoms with Gasteiger partial charge in [-0.25, -0.2) is 0 Å². The lowest BCUT2D eigenvalue weighted by Crippen LogP contribution is -2.41. The van der Waals surface area contributed by atoms with Crippen LogP contribution in [0.15, 0.2) is 42.5 Å². The van der Waals surface area contributed by atoms with Crippen LogP contribution < -0.4 is 19.9 Å². The zero-order valence-electron chi connectivity index (χ0n) is 19.0. The third-order valence-corrected chi connectivity index (χ3v) is 6.37. The lowest BCUT2D eigenvalue weighted by atomic mass is 9.96. The van der Waals surface area contributed by atoms with E-state index >= 15 is 0 Å². The number of methoxy groups -OCH3 is 2. The molecular formula is C24H26N4O5S. The molecule has 0 saturated carbocycles. The van der Waals surface area contributed by atoms with Gasteiger partial charge in [0.1, 0.15) is 5.75 Å². The number of hydrogen-bond donors (Lipinski definition) is 1. The van der Waals surface area contributed by atoms with Crippen LogP contribution >= 0.6 is 11.5 Å². The van der Waals surface area contributed by atoms with Gasteiger partial charge in [0, 0.05) is 42.5 Å². The molecule has 1 fully saturated rings. The predicted octanol–water partition coefficient (Wildman–Crippen LogP) is 3.28. The first kappa shape index (κ1) is 23.5. The lowest BCUT2D eigenvalue weighted by molar-refractivity contribution is -0.123. The molecule has 0 bridgehead atoms. The number of aromatic nitrogens is 2. The molecule has 1 saturated heterocycles. The minimum Gasteiger partial charge on any atom is -0.497 e. The Balaban J connectivity index is 1.46. The van der Waals surface area contributed by atoms with E-state index in [9.17, 15) is 9.59 Å². The number of amides is 2. The molecule has 1 aliphatic rings. The van der Waals surface area contributed by atoms with Crippen LogP contribution in [0.4, 0.5) is 0 Å². The van der Waals surface area contributed by atoms with E-state index in [1.54, 1.807) is 30.2 Å². The summed E-state index contributed by atoms with van der Waals surface area (Å²) in [5, 5.41) is 0.350. The van der Waals surface area contributed by atoms with Crippen molar-refractivity contribution in [3.05, 3.63) is 59.4 Å². The summed E-state index contributed by atoms with van der Waals surface area (Å²) in [5.74, 6) is 1.63. The number of carbonyl (C=O) groups is 2. The van der Waals surface area contributed by atoms with Gasteiger partial charge in [-0.2, -0.15) is 9.36 Å². The molecule has 1 aromatic heterocycles. The van der Waals surface area contributed by atoms with Crippen molar-refractivity contribution in [2.24, 2.45) is 11.7 Å². The van der Waals surface area contributed by atoms with Crippen molar-refractivity contribution < 1.29 is 23.8 Å². The SMILES string of the molecule is COc1cccc(Cc2nsc(Oc3cc(C(=O)N4CCC(C(N)=O)CC4)ccc3OC)n2)c1. The van der Waals surface area contributed by atoms with Crippen LogP contribution in [0, 0.1) is 5.92 Å². The summed E-state index contributed by atoms with van der Waals surface area (Å²) in [6, 6.07) is 12.7. The first-order valence-electron chi connectivity index (χ1n) is 10.9. The number of ether oxygens (including phenoxy) is 3. The number of primary amides is 1. The second-order valence-corrected chi connectivity index (χ2v) is 8.66. The quantitative estimate of drug-likeness (QED) is 0.524. The molecule has 10 heteroatoms. The first-order chi connectivity index (χ1) is 16.5. The minimum absolute atomic E-state index is 0.133. The maximum Gasteiger partial charge on any atom is 0.298 e. The minimum atomic E-state index is -0.310. The summed E-state index contributed by atoms with van der Waals surface area (Å²) < 4.78 is 21.0.